The highest BCUT2D eigenvalue weighted by Gasteiger charge is 2.26. The van der Waals surface area contributed by atoms with Crippen molar-refractivity contribution in [3.8, 4) is 5.69 Å². The molecule has 174 valence electrons. The lowest BCUT2D eigenvalue weighted by atomic mass is 10.1. The maximum atomic E-state index is 4.66. The van der Waals surface area contributed by atoms with Gasteiger partial charge in [-0.15, -0.1) is 5.10 Å². The molecule has 0 bridgehead atoms. The monoisotopic (exact) mass is 454 g/mol. The van der Waals surface area contributed by atoms with Crippen molar-refractivity contribution >= 4 is 5.69 Å². The highest BCUT2D eigenvalue weighted by molar-refractivity contribution is 5.52. The van der Waals surface area contributed by atoms with E-state index >= 15 is 0 Å². The van der Waals surface area contributed by atoms with Gasteiger partial charge in [-0.1, -0.05) is 44.5 Å². The SMILES string of the molecule is CCCCN1Cc2ccc(NC(c3ncc(CC)cn3)c3nnnn3-c3ccccc3)cc2C1. The van der Waals surface area contributed by atoms with Crippen molar-refractivity contribution in [3.05, 3.63) is 89.3 Å². The number of rotatable bonds is 9. The average Bonchev–Trinajstić information content (AvgIpc) is 3.53. The number of para-hydroxylation sites is 1. The number of aryl methyl sites for hydroxylation is 1. The van der Waals surface area contributed by atoms with Crippen molar-refractivity contribution in [3.63, 3.8) is 0 Å². The van der Waals surface area contributed by atoms with Gasteiger partial charge in [0.15, 0.2) is 11.6 Å². The maximum Gasteiger partial charge on any atom is 0.186 e. The predicted molar refractivity (Wildman–Crippen MR) is 131 cm³/mol. The predicted octanol–water partition coefficient (Wildman–Crippen LogP) is 4.33. The van der Waals surface area contributed by atoms with Crippen LogP contribution in [0.4, 0.5) is 5.69 Å². The topological polar surface area (TPSA) is 84.7 Å². The van der Waals surface area contributed by atoms with Crippen LogP contribution in [0.1, 0.15) is 61.1 Å². The van der Waals surface area contributed by atoms with Gasteiger partial charge in [-0.2, -0.15) is 4.68 Å². The van der Waals surface area contributed by atoms with Gasteiger partial charge in [-0.25, -0.2) is 9.97 Å². The third kappa shape index (κ3) is 4.68. The van der Waals surface area contributed by atoms with E-state index in [1.165, 1.54) is 24.0 Å². The molecule has 8 nitrogen and oxygen atoms in total. The zero-order valence-corrected chi connectivity index (χ0v) is 19.7. The summed E-state index contributed by atoms with van der Waals surface area (Å²) in [7, 11) is 0. The minimum absolute atomic E-state index is 0.406. The Bertz CT molecular complexity index is 1220. The fourth-order valence-electron chi connectivity index (χ4n) is 4.33. The summed E-state index contributed by atoms with van der Waals surface area (Å²) in [5.41, 5.74) is 5.75. The standard InChI is InChI=1S/C26H30N8/c1-3-5-13-33-17-20-11-12-22(14-21(20)18-33)29-24(25-27-15-19(4-2)16-28-25)26-30-31-32-34(26)23-9-7-6-8-10-23/h6-12,14-16,24,29H,3-5,13,17-18H2,1-2H3. The Morgan fingerprint density at radius 2 is 1.76 bits per heavy atom. The van der Waals surface area contributed by atoms with Crippen molar-refractivity contribution in [2.75, 3.05) is 11.9 Å². The van der Waals surface area contributed by atoms with Gasteiger partial charge in [0.05, 0.1) is 5.69 Å². The molecule has 0 amide bonds. The third-order valence-electron chi connectivity index (χ3n) is 6.28. The quantitative estimate of drug-likeness (QED) is 0.403. The Morgan fingerprint density at radius 1 is 0.971 bits per heavy atom. The summed E-state index contributed by atoms with van der Waals surface area (Å²) in [6.45, 7) is 7.48. The smallest absolute Gasteiger partial charge is 0.186 e. The number of unbranched alkanes of at least 4 members (excludes halogenated alkanes) is 1. The van der Waals surface area contributed by atoms with Crippen LogP contribution in [0.15, 0.2) is 60.9 Å². The van der Waals surface area contributed by atoms with Crippen LogP contribution in [0, 0.1) is 0 Å². The van der Waals surface area contributed by atoms with Crippen LogP contribution in [0.25, 0.3) is 5.69 Å². The number of anilines is 1. The number of aromatic nitrogens is 6. The van der Waals surface area contributed by atoms with E-state index < -0.39 is 6.04 Å². The second-order valence-corrected chi connectivity index (χ2v) is 8.71. The van der Waals surface area contributed by atoms with Crippen LogP contribution in [-0.2, 0) is 19.5 Å². The van der Waals surface area contributed by atoms with E-state index in [1.807, 2.05) is 42.7 Å². The lowest BCUT2D eigenvalue weighted by Gasteiger charge is -2.19. The molecule has 4 aromatic rings. The van der Waals surface area contributed by atoms with E-state index in [1.54, 1.807) is 4.68 Å². The van der Waals surface area contributed by atoms with Gasteiger partial charge in [0.25, 0.3) is 0 Å². The first-order valence-corrected chi connectivity index (χ1v) is 12.0. The van der Waals surface area contributed by atoms with Gasteiger partial charge in [0.2, 0.25) is 0 Å². The van der Waals surface area contributed by atoms with Crippen molar-refractivity contribution in [2.24, 2.45) is 0 Å². The highest BCUT2D eigenvalue weighted by Crippen LogP contribution is 2.29. The molecule has 0 saturated heterocycles. The lowest BCUT2D eigenvalue weighted by molar-refractivity contribution is 0.279. The second kappa shape index (κ2) is 10.1. The summed E-state index contributed by atoms with van der Waals surface area (Å²) < 4.78 is 1.74. The van der Waals surface area contributed by atoms with Gasteiger partial charge in [-0.05, 0) is 70.8 Å². The van der Waals surface area contributed by atoms with E-state index in [0.717, 1.165) is 43.0 Å². The lowest BCUT2D eigenvalue weighted by Crippen LogP contribution is -2.20. The molecule has 1 N–H and O–H groups in total. The van der Waals surface area contributed by atoms with Crippen LogP contribution in [0.3, 0.4) is 0 Å². The van der Waals surface area contributed by atoms with Gasteiger partial charge in [0, 0.05) is 31.2 Å². The Balaban J connectivity index is 1.47. The van der Waals surface area contributed by atoms with E-state index in [9.17, 15) is 0 Å². The summed E-state index contributed by atoms with van der Waals surface area (Å²) in [5, 5.41) is 16.2. The third-order valence-corrected chi connectivity index (χ3v) is 6.28. The molecule has 2 aromatic carbocycles. The number of nitrogens with one attached hydrogen (secondary N) is 1. The van der Waals surface area contributed by atoms with Crippen LogP contribution in [0.5, 0.6) is 0 Å². The fourth-order valence-corrected chi connectivity index (χ4v) is 4.33. The Kier molecular flexibility index (Phi) is 6.58. The molecule has 0 saturated carbocycles. The zero-order valence-electron chi connectivity index (χ0n) is 19.7. The molecule has 0 spiro atoms. The van der Waals surface area contributed by atoms with E-state index in [-0.39, 0.29) is 0 Å². The number of fused-ring (bicyclic) bond motifs is 1. The van der Waals surface area contributed by atoms with E-state index in [0.29, 0.717) is 11.6 Å². The molecule has 1 unspecified atom stereocenters. The molecule has 8 heteroatoms. The van der Waals surface area contributed by atoms with Gasteiger partial charge < -0.3 is 5.32 Å². The summed E-state index contributed by atoms with van der Waals surface area (Å²) in [6, 6.07) is 16.1. The van der Waals surface area contributed by atoms with E-state index in [4.69, 9.17) is 0 Å². The molecule has 1 atom stereocenters. The maximum absolute atomic E-state index is 4.66. The number of nitrogens with zero attached hydrogens (tertiary/aromatic N) is 7. The molecule has 5 rings (SSSR count). The average molecular weight is 455 g/mol. The summed E-state index contributed by atoms with van der Waals surface area (Å²) >= 11 is 0. The number of tetrazole rings is 1. The number of benzene rings is 2. The largest absolute Gasteiger partial charge is 0.369 e. The van der Waals surface area contributed by atoms with Gasteiger partial charge >= 0.3 is 0 Å². The first-order valence-electron chi connectivity index (χ1n) is 12.0. The molecule has 34 heavy (non-hydrogen) atoms. The normalized spacial score (nSPS) is 14.2. The molecule has 1 aliphatic rings. The summed E-state index contributed by atoms with van der Waals surface area (Å²) in [6.07, 6.45) is 7.09. The Labute approximate surface area is 200 Å². The summed E-state index contributed by atoms with van der Waals surface area (Å²) in [5.74, 6) is 1.27. The van der Waals surface area contributed by atoms with Crippen molar-refractivity contribution in [1.29, 1.82) is 0 Å². The fraction of sp³-hybridized carbons (Fsp3) is 0.346. The molecule has 2 aromatic heterocycles. The Hall–Kier alpha value is -3.65. The number of hydrogen-bond donors (Lipinski definition) is 1. The highest BCUT2D eigenvalue weighted by atomic mass is 15.5. The molecule has 1 aliphatic heterocycles. The van der Waals surface area contributed by atoms with Crippen LogP contribution in [0.2, 0.25) is 0 Å². The van der Waals surface area contributed by atoms with E-state index in [2.05, 4.69) is 67.8 Å². The molecular formula is C26H30N8. The minimum Gasteiger partial charge on any atom is -0.369 e. The van der Waals surface area contributed by atoms with Gasteiger partial charge in [-0.3, -0.25) is 4.90 Å². The minimum atomic E-state index is -0.406. The van der Waals surface area contributed by atoms with Crippen LogP contribution < -0.4 is 5.32 Å². The molecule has 0 aliphatic carbocycles. The Morgan fingerprint density at radius 3 is 2.53 bits per heavy atom. The molecular weight excluding hydrogens is 424 g/mol. The van der Waals surface area contributed by atoms with Gasteiger partial charge in [0.1, 0.15) is 6.04 Å². The van der Waals surface area contributed by atoms with Crippen LogP contribution >= 0.6 is 0 Å². The molecule has 3 heterocycles. The summed E-state index contributed by atoms with van der Waals surface area (Å²) in [4.78, 5) is 11.8. The first kappa shape index (κ1) is 22.2. The first-order chi connectivity index (χ1) is 16.7. The molecule has 0 radical (unpaired) electrons. The van der Waals surface area contributed by atoms with Crippen molar-refractivity contribution in [1.82, 2.24) is 35.1 Å². The number of hydrogen-bond acceptors (Lipinski definition) is 7. The van der Waals surface area contributed by atoms with Crippen molar-refractivity contribution < 1.29 is 0 Å². The van der Waals surface area contributed by atoms with Crippen molar-refractivity contribution in [2.45, 2.75) is 52.2 Å². The second-order valence-electron chi connectivity index (χ2n) is 8.71. The van der Waals surface area contributed by atoms with Crippen LogP contribution in [-0.4, -0.2) is 41.6 Å². The zero-order chi connectivity index (χ0) is 23.3. The molecule has 0 fully saturated rings.